The second-order valence-electron chi connectivity index (χ2n) is 11.4. The van der Waals surface area contributed by atoms with Crippen molar-refractivity contribution in [3.63, 3.8) is 0 Å². The van der Waals surface area contributed by atoms with Crippen LogP contribution in [-0.4, -0.2) is 15.4 Å². The molecule has 0 unspecified atom stereocenters. The Kier molecular flexibility index (Phi) is 8.16. The Morgan fingerprint density at radius 3 is 1.22 bits per heavy atom. The van der Waals surface area contributed by atoms with Gasteiger partial charge in [-0.3, -0.25) is 0 Å². The summed E-state index contributed by atoms with van der Waals surface area (Å²) in [5.74, 6) is 0. The van der Waals surface area contributed by atoms with Gasteiger partial charge >= 0.3 is 0 Å². The average Bonchev–Trinajstić information content (AvgIpc) is 2.97. The Labute approximate surface area is 246 Å². The maximum Gasteiger partial charge on any atom is 0.217 e. The van der Waals surface area contributed by atoms with Crippen LogP contribution < -0.4 is 15.0 Å². The topological polar surface area (TPSA) is 15.7 Å². The molecule has 0 atom stereocenters. The van der Waals surface area contributed by atoms with Crippen LogP contribution in [0.3, 0.4) is 0 Å². The Morgan fingerprint density at radius 2 is 0.829 bits per heavy atom. The highest BCUT2D eigenvalue weighted by Gasteiger charge is 2.24. The van der Waals surface area contributed by atoms with Crippen LogP contribution in [0.2, 0.25) is 13.1 Å². The molecule has 0 amide bonds. The smallest absolute Gasteiger partial charge is 0.217 e. The van der Waals surface area contributed by atoms with Crippen LogP contribution in [0.1, 0.15) is 22.3 Å². The predicted octanol–water partition coefficient (Wildman–Crippen LogP) is 9.92. The van der Waals surface area contributed by atoms with Gasteiger partial charge in [-0.2, -0.15) is 0 Å². The van der Waals surface area contributed by atoms with Gasteiger partial charge in [0, 0.05) is 41.2 Å². The van der Waals surface area contributed by atoms with E-state index in [9.17, 15) is 0 Å². The van der Waals surface area contributed by atoms with Crippen LogP contribution in [0.5, 0.6) is 0 Å². The Morgan fingerprint density at radius 1 is 0.463 bits per heavy atom. The first-order valence-corrected chi connectivity index (χ1v) is 17.1. The van der Waals surface area contributed by atoms with Gasteiger partial charge in [0.15, 0.2) is 0 Å². The summed E-state index contributed by atoms with van der Waals surface area (Å²) in [6.45, 7) is 13.1. The highest BCUT2D eigenvalue weighted by molar-refractivity contribution is 6.84. The Bertz CT molecular complexity index is 1560. The molecule has 0 saturated heterocycles. The van der Waals surface area contributed by atoms with Gasteiger partial charge in [-0.1, -0.05) is 65.2 Å². The van der Waals surface area contributed by atoms with Gasteiger partial charge in [-0.15, -0.1) is 0 Å². The van der Waals surface area contributed by atoms with Crippen molar-refractivity contribution in [2.45, 2.75) is 40.8 Å². The minimum atomic E-state index is -1.90. The first-order chi connectivity index (χ1) is 19.7. The van der Waals surface area contributed by atoms with E-state index in [2.05, 4.69) is 166 Å². The lowest BCUT2D eigenvalue weighted by molar-refractivity contribution is 0.416. The zero-order valence-electron chi connectivity index (χ0n) is 25.3. The standard InChI is InChI=1S/C37H40N2OSi/c1-27-8-14-31(15-9-27)38(32-16-10-28(2)11-17-32)35-22-25-37(30(4)26-35)39(33-18-12-29(3)13-19-33)34-20-23-36(24-21-34)41(6,7)40-5/h8-26H,1-7H3. The van der Waals surface area contributed by atoms with E-state index in [1.807, 2.05) is 7.11 Å². The quantitative estimate of drug-likeness (QED) is 0.177. The Hall–Kier alpha value is -4.12. The molecule has 0 aromatic heterocycles. The van der Waals surface area contributed by atoms with Crippen LogP contribution in [0.15, 0.2) is 115 Å². The highest BCUT2D eigenvalue weighted by Crippen LogP contribution is 2.41. The third-order valence-corrected chi connectivity index (χ3v) is 10.6. The molecular weight excluding hydrogens is 517 g/mol. The molecule has 5 aromatic rings. The minimum absolute atomic E-state index is 1.13. The van der Waals surface area contributed by atoms with E-state index in [1.165, 1.54) is 27.4 Å². The van der Waals surface area contributed by atoms with Gasteiger partial charge in [0.1, 0.15) is 0 Å². The molecule has 208 valence electrons. The van der Waals surface area contributed by atoms with Crippen LogP contribution in [0, 0.1) is 27.7 Å². The van der Waals surface area contributed by atoms with E-state index in [4.69, 9.17) is 4.43 Å². The fourth-order valence-corrected chi connectivity index (χ4v) is 6.32. The van der Waals surface area contributed by atoms with Crippen LogP contribution in [0.25, 0.3) is 0 Å². The molecular formula is C37H40N2OSi. The number of aryl methyl sites for hydroxylation is 4. The molecule has 0 aliphatic carbocycles. The van der Waals surface area contributed by atoms with E-state index < -0.39 is 8.32 Å². The van der Waals surface area contributed by atoms with Gasteiger partial charge in [-0.25, -0.2) is 0 Å². The van der Waals surface area contributed by atoms with Crippen molar-refractivity contribution in [2.75, 3.05) is 16.9 Å². The molecule has 4 heteroatoms. The molecule has 0 spiro atoms. The Balaban J connectivity index is 1.61. The normalized spacial score (nSPS) is 11.4. The first kappa shape index (κ1) is 28.4. The molecule has 0 aliphatic heterocycles. The van der Waals surface area contributed by atoms with Gasteiger partial charge in [0.25, 0.3) is 0 Å². The monoisotopic (exact) mass is 556 g/mol. The van der Waals surface area contributed by atoms with Gasteiger partial charge in [0.05, 0.1) is 0 Å². The third-order valence-electron chi connectivity index (χ3n) is 7.89. The zero-order chi connectivity index (χ0) is 29.1. The van der Waals surface area contributed by atoms with Crippen LogP contribution in [0.4, 0.5) is 34.1 Å². The largest absolute Gasteiger partial charge is 0.416 e. The van der Waals surface area contributed by atoms with E-state index in [0.717, 1.165) is 34.1 Å². The lowest BCUT2D eigenvalue weighted by Crippen LogP contribution is -2.43. The average molecular weight is 557 g/mol. The molecule has 41 heavy (non-hydrogen) atoms. The number of hydrogen-bond acceptors (Lipinski definition) is 3. The number of hydrogen-bond donors (Lipinski definition) is 0. The number of benzene rings is 5. The summed E-state index contributed by atoms with van der Waals surface area (Å²) < 4.78 is 5.87. The van der Waals surface area contributed by atoms with Crippen LogP contribution >= 0.6 is 0 Å². The second kappa shape index (κ2) is 11.8. The summed E-state index contributed by atoms with van der Waals surface area (Å²) in [5.41, 5.74) is 11.8. The highest BCUT2D eigenvalue weighted by atomic mass is 28.4. The predicted molar refractivity (Wildman–Crippen MR) is 179 cm³/mol. The SMILES string of the molecule is CO[Si](C)(C)c1ccc(N(c2ccc(C)cc2)c2ccc(N(c3ccc(C)cc3)c3ccc(C)cc3)cc2C)cc1. The maximum atomic E-state index is 5.87. The minimum Gasteiger partial charge on any atom is -0.416 e. The fourth-order valence-electron chi connectivity index (χ4n) is 5.12. The number of rotatable bonds is 8. The third kappa shape index (κ3) is 6.14. The molecule has 0 fully saturated rings. The first-order valence-electron chi connectivity index (χ1n) is 14.2. The molecule has 0 radical (unpaired) electrons. The summed E-state index contributed by atoms with van der Waals surface area (Å²) in [6.07, 6.45) is 0. The molecule has 0 heterocycles. The van der Waals surface area contributed by atoms with E-state index in [1.54, 1.807) is 0 Å². The lowest BCUT2D eigenvalue weighted by Gasteiger charge is -2.30. The molecule has 0 saturated carbocycles. The van der Waals surface area contributed by atoms with Crippen molar-refractivity contribution in [3.05, 3.63) is 138 Å². The van der Waals surface area contributed by atoms with E-state index >= 15 is 0 Å². The van der Waals surface area contributed by atoms with E-state index in [0.29, 0.717) is 0 Å². The van der Waals surface area contributed by atoms with Crippen LogP contribution in [-0.2, 0) is 4.43 Å². The van der Waals surface area contributed by atoms with Gasteiger partial charge < -0.3 is 14.2 Å². The summed E-state index contributed by atoms with van der Waals surface area (Å²) in [6, 6.07) is 41.9. The second-order valence-corrected chi connectivity index (χ2v) is 15.4. The van der Waals surface area contributed by atoms with Gasteiger partial charge in [-0.05, 0) is 118 Å². The summed E-state index contributed by atoms with van der Waals surface area (Å²) in [7, 11) is -0.0843. The molecule has 0 aliphatic rings. The van der Waals surface area contributed by atoms with Crippen molar-refractivity contribution >= 4 is 47.6 Å². The summed E-state index contributed by atoms with van der Waals surface area (Å²) >= 11 is 0. The summed E-state index contributed by atoms with van der Waals surface area (Å²) in [4.78, 5) is 4.68. The molecule has 3 nitrogen and oxygen atoms in total. The zero-order valence-corrected chi connectivity index (χ0v) is 26.3. The fraction of sp³-hybridized carbons (Fsp3) is 0.189. The van der Waals surface area contributed by atoms with Crippen molar-refractivity contribution in [1.29, 1.82) is 0 Å². The number of nitrogens with zero attached hydrogens (tertiary/aromatic N) is 2. The van der Waals surface area contributed by atoms with Gasteiger partial charge in [0.2, 0.25) is 8.32 Å². The molecule has 0 N–H and O–H groups in total. The van der Waals surface area contributed by atoms with Crippen molar-refractivity contribution in [1.82, 2.24) is 0 Å². The number of anilines is 6. The lowest BCUT2D eigenvalue weighted by atomic mass is 10.1. The summed E-state index contributed by atoms with van der Waals surface area (Å²) in [5, 5.41) is 1.28. The molecule has 5 aromatic carbocycles. The van der Waals surface area contributed by atoms with Crippen molar-refractivity contribution < 1.29 is 4.43 Å². The van der Waals surface area contributed by atoms with Crippen molar-refractivity contribution in [3.8, 4) is 0 Å². The molecule has 0 bridgehead atoms. The van der Waals surface area contributed by atoms with E-state index in [-0.39, 0.29) is 0 Å². The molecule has 5 rings (SSSR count). The van der Waals surface area contributed by atoms with Crippen molar-refractivity contribution in [2.24, 2.45) is 0 Å². The maximum absolute atomic E-state index is 5.87.